The Kier molecular flexibility index (Phi) is 15.2. The van der Waals surface area contributed by atoms with Crippen LogP contribution in [0.3, 0.4) is 0 Å². The monoisotopic (exact) mass is 709 g/mol. The second-order valence-electron chi connectivity index (χ2n) is 17.5. The molecular formula is C37H72N8O5. The zero-order chi connectivity index (χ0) is 36.6. The van der Waals surface area contributed by atoms with E-state index in [0.717, 1.165) is 52.0 Å². The SMILES string of the molecule is COCCCNC1N[C@H](C(C)(C)C)NCC1C(O)N(CC(C)C)[C@H]1C[C@@H](C(O)N2CCN(C3CCC=CN3)CC2)CN(C(=O)OC(C)(C)C)C1. The molecule has 4 rings (SSSR count). The molecule has 0 bridgehead atoms. The number of hydrogen-bond donors (Lipinski definition) is 6. The fourth-order valence-corrected chi connectivity index (χ4v) is 7.93. The van der Waals surface area contributed by atoms with Gasteiger partial charge in [0.2, 0.25) is 0 Å². The number of rotatable bonds is 13. The minimum Gasteiger partial charge on any atom is -0.444 e. The molecule has 290 valence electrons. The predicted molar refractivity (Wildman–Crippen MR) is 198 cm³/mol. The third-order valence-corrected chi connectivity index (χ3v) is 10.6. The molecule has 4 aliphatic heterocycles. The van der Waals surface area contributed by atoms with Crippen LogP contribution >= 0.6 is 0 Å². The average molecular weight is 709 g/mol. The fourth-order valence-electron chi connectivity index (χ4n) is 7.93. The molecular weight excluding hydrogens is 636 g/mol. The molecule has 0 aromatic carbocycles. The van der Waals surface area contributed by atoms with Crippen molar-refractivity contribution in [3.63, 3.8) is 0 Å². The molecule has 0 spiro atoms. The lowest BCUT2D eigenvalue weighted by molar-refractivity contribution is -0.128. The van der Waals surface area contributed by atoms with Crippen molar-refractivity contribution in [1.82, 2.24) is 40.9 Å². The highest BCUT2D eigenvalue weighted by molar-refractivity contribution is 5.68. The summed E-state index contributed by atoms with van der Waals surface area (Å²) in [6, 6.07) is -0.165. The first-order chi connectivity index (χ1) is 23.6. The number of ether oxygens (including phenoxy) is 2. The van der Waals surface area contributed by atoms with Crippen LogP contribution in [0.1, 0.15) is 81.1 Å². The van der Waals surface area contributed by atoms with Crippen LogP contribution in [-0.4, -0.2) is 151 Å². The van der Waals surface area contributed by atoms with Crippen molar-refractivity contribution < 1.29 is 24.5 Å². The third kappa shape index (κ3) is 11.7. The van der Waals surface area contributed by atoms with Crippen molar-refractivity contribution in [2.45, 2.75) is 124 Å². The summed E-state index contributed by atoms with van der Waals surface area (Å²) in [7, 11) is 1.72. The van der Waals surface area contributed by atoms with Gasteiger partial charge in [-0.05, 0) is 70.5 Å². The Balaban J connectivity index is 1.55. The molecule has 1 amide bonds. The summed E-state index contributed by atoms with van der Waals surface area (Å²) in [6.45, 7) is 23.5. The van der Waals surface area contributed by atoms with Crippen molar-refractivity contribution in [2.24, 2.45) is 23.2 Å². The van der Waals surface area contributed by atoms with Crippen molar-refractivity contribution in [3.05, 3.63) is 12.3 Å². The smallest absolute Gasteiger partial charge is 0.410 e. The van der Waals surface area contributed by atoms with E-state index < -0.39 is 18.1 Å². The molecule has 3 saturated heterocycles. The van der Waals surface area contributed by atoms with E-state index in [9.17, 15) is 15.0 Å². The molecule has 0 aromatic heterocycles. The molecule has 4 heterocycles. The molecule has 0 aromatic rings. The van der Waals surface area contributed by atoms with Gasteiger partial charge >= 0.3 is 6.09 Å². The fraction of sp³-hybridized carbons (Fsp3) is 0.919. The van der Waals surface area contributed by atoms with Crippen LogP contribution in [0, 0.1) is 23.2 Å². The number of aliphatic hydroxyl groups is 2. The first-order valence-electron chi connectivity index (χ1n) is 19.3. The van der Waals surface area contributed by atoms with E-state index in [1.54, 1.807) is 12.0 Å². The summed E-state index contributed by atoms with van der Waals surface area (Å²) >= 11 is 0. The van der Waals surface area contributed by atoms with Gasteiger partial charge in [-0.15, -0.1) is 0 Å². The molecule has 5 unspecified atom stereocenters. The van der Waals surface area contributed by atoms with Crippen LogP contribution in [0.25, 0.3) is 0 Å². The number of nitrogens with one attached hydrogen (secondary N) is 4. The van der Waals surface area contributed by atoms with Crippen molar-refractivity contribution in [1.29, 1.82) is 0 Å². The van der Waals surface area contributed by atoms with Crippen molar-refractivity contribution in [2.75, 3.05) is 72.6 Å². The highest BCUT2D eigenvalue weighted by Gasteiger charge is 2.45. The summed E-state index contributed by atoms with van der Waals surface area (Å²) in [5.41, 5.74) is -0.658. The molecule has 0 radical (unpaired) electrons. The van der Waals surface area contributed by atoms with E-state index in [-0.39, 0.29) is 47.6 Å². The standard InChI is InChI=1S/C37H72N8O5/c1-26(2)23-45(33(47)29-22-40-34(36(3,4)5)41-31(29)39-15-12-20-49-9)28-21-27(24-44(25-28)35(48)50-37(6,7)8)32(46)43-18-16-42(17-19-43)30-13-10-11-14-38-30/h11,14,26-34,38-41,46-47H,10,12-13,15-25H2,1-9H3/t27-,28+,29?,30?,31?,32?,33?,34-/m1/s1. The molecule has 0 aliphatic carbocycles. The van der Waals surface area contributed by atoms with Crippen LogP contribution in [0.4, 0.5) is 4.79 Å². The Morgan fingerprint density at radius 2 is 1.80 bits per heavy atom. The largest absolute Gasteiger partial charge is 0.444 e. The van der Waals surface area contributed by atoms with Gasteiger partial charge in [0.05, 0.1) is 18.5 Å². The molecule has 13 heteroatoms. The zero-order valence-electron chi connectivity index (χ0n) is 32.7. The first kappa shape index (κ1) is 41.2. The number of nitrogens with zero attached hydrogens (tertiary/aromatic N) is 4. The highest BCUT2D eigenvalue weighted by Crippen LogP contribution is 2.32. The summed E-state index contributed by atoms with van der Waals surface area (Å²) in [5.74, 6) is -0.0751. The molecule has 50 heavy (non-hydrogen) atoms. The van der Waals surface area contributed by atoms with Crippen LogP contribution in [0.5, 0.6) is 0 Å². The molecule has 13 nitrogen and oxygen atoms in total. The van der Waals surface area contributed by atoms with Crippen molar-refractivity contribution in [3.8, 4) is 0 Å². The number of methoxy groups -OCH3 is 1. The van der Waals surface area contributed by atoms with E-state index in [4.69, 9.17) is 9.47 Å². The number of allylic oxidation sites excluding steroid dienone is 1. The van der Waals surface area contributed by atoms with Crippen LogP contribution in [0.2, 0.25) is 0 Å². The number of aliphatic hydroxyl groups excluding tert-OH is 2. The van der Waals surface area contributed by atoms with Crippen molar-refractivity contribution >= 4 is 6.09 Å². The lowest BCUT2D eigenvalue weighted by atomic mass is 9.86. The van der Waals surface area contributed by atoms with Crippen LogP contribution in [0.15, 0.2) is 12.3 Å². The van der Waals surface area contributed by atoms with E-state index in [1.165, 1.54) is 0 Å². The lowest BCUT2D eigenvalue weighted by Crippen LogP contribution is -2.71. The summed E-state index contributed by atoms with van der Waals surface area (Å²) in [4.78, 5) is 22.3. The van der Waals surface area contributed by atoms with Gasteiger partial charge in [0.1, 0.15) is 18.1 Å². The van der Waals surface area contributed by atoms with Gasteiger partial charge in [0.25, 0.3) is 0 Å². The molecule has 0 saturated carbocycles. The van der Waals surface area contributed by atoms with Crippen LogP contribution in [-0.2, 0) is 9.47 Å². The summed E-state index contributed by atoms with van der Waals surface area (Å²) in [5, 5.41) is 39.0. The highest BCUT2D eigenvalue weighted by atomic mass is 16.6. The van der Waals surface area contributed by atoms with Gasteiger partial charge in [-0.25, -0.2) is 4.79 Å². The molecule has 3 fully saturated rings. The average Bonchev–Trinajstić information content (AvgIpc) is 3.07. The van der Waals surface area contributed by atoms with Gasteiger partial charge in [0, 0.05) is 84.0 Å². The quantitative estimate of drug-likeness (QED) is 0.124. The van der Waals surface area contributed by atoms with Gasteiger partial charge in [-0.2, -0.15) is 0 Å². The number of piperidine rings is 1. The zero-order valence-corrected chi connectivity index (χ0v) is 32.7. The number of hydrogen-bond acceptors (Lipinski definition) is 12. The minimum absolute atomic E-state index is 0.0178. The van der Waals surface area contributed by atoms with Gasteiger partial charge in [0.15, 0.2) is 0 Å². The predicted octanol–water partition coefficient (Wildman–Crippen LogP) is 2.18. The van der Waals surface area contributed by atoms with E-state index in [0.29, 0.717) is 45.4 Å². The molecule has 4 aliphatic rings. The minimum atomic E-state index is -0.791. The lowest BCUT2D eigenvalue weighted by Gasteiger charge is -2.51. The number of amides is 1. The van der Waals surface area contributed by atoms with E-state index in [2.05, 4.69) is 82.9 Å². The first-order valence-corrected chi connectivity index (χ1v) is 19.3. The molecule has 8 atom stereocenters. The topological polar surface area (TPSA) is 137 Å². The molecule has 6 N–H and O–H groups in total. The van der Waals surface area contributed by atoms with Gasteiger partial charge in [-0.1, -0.05) is 40.7 Å². The van der Waals surface area contributed by atoms with Gasteiger partial charge in [-0.3, -0.25) is 20.0 Å². The second-order valence-corrected chi connectivity index (χ2v) is 17.5. The van der Waals surface area contributed by atoms with E-state index >= 15 is 0 Å². The number of carbonyl (C=O) groups is 1. The maximum atomic E-state index is 13.7. The summed E-state index contributed by atoms with van der Waals surface area (Å²) < 4.78 is 11.2. The number of piperazine rings is 1. The number of likely N-dealkylation sites (tertiary alicyclic amines) is 1. The Morgan fingerprint density at radius 1 is 1.08 bits per heavy atom. The number of carbonyl (C=O) groups excluding carboxylic acids is 1. The van der Waals surface area contributed by atoms with Crippen LogP contribution < -0.4 is 21.3 Å². The maximum absolute atomic E-state index is 13.7. The Morgan fingerprint density at radius 3 is 2.40 bits per heavy atom. The maximum Gasteiger partial charge on any atom is 0.410 e. The van der Waals surface area contributed by atoms with Gasteiger partial charge < -0.3 is 40.5 Å². The second kappa shape index (κ2) is 18.5. The third-order valence-electron chi connectivity index (χ3n) is 10.6. The van der Waals surface area contributed by atoms with E-state index in [1.807, 2.05) is 20.8 Å². The normalized spacial score (nSPS) is 30.4. The Labute approximate surface area is 302 Å². The Bertz CT molecular complexity index is 1060. The summed E-state index contributed by atoms with van der Waals surface area (Å²) in [6.07, 6.45) is 6.37. The Hall–Kier alpha value is -1.55.